The number of rotatable bonds is 4. The Bertz CT molecular complexity index is 954. The highest BCUT2D eigenvalue weighted by Crippen LogP contribution is 2.41. The largest absolute Gasteiger partial charge is 0.488 e. The summed E-state index contributed by atoms with van der Waals surface area (Å²) in [4.78, 5) is 16.1. The van der Waals surface area contributed by atoms with Gasteiger partial charge in [0.2, 0.25) is 5.91 Å². The van der Waals surface area contributed by atoms with Crippen molar-refractivity contribution in [2.45, 2.75) is 63.1 Å². The van der Waals surface area contributed by atoms with Crippen molar-refractivity contribution in [1.82, 2.24) is 4.90 Å². The molecule has 0 saturated carbocycles. The second kappa shape index (κ2) is 9.11. The van der Waals surface area contributed by atoms with Crippen LogP contribution in [0.25, 0.3) is 0 Å². The molecule has 5 nitrogen and oxygen atoms in total. The van der Waals surface area contributed by atoms with Gasteiger partial charge in [0.15, 0.2) is 0 Å². The fourth-order valence-electron chi connectivity index (χ4n) is 5.93. The third-order valence-electron chi connectivity index (χ3n) is 7.71. The van der Waals surface area contributed by atoms with E-state index in [1.165, 1.54) is 11.1 Å². The second-order valence-electron chi connectivity index (χ2n) is 10.1. The number of likely N-dealkylation sites (tertiary alicyclic amines) is 1. The lowest BCUT2D eigenvalue weighted by molar-refractivity contribution is -0.146. The zero-order valence-corrected chi connectivity index (χ0v) is 19.8. The van der Waals surface area contributed by atoms with Gasteiger partial charge in [0.1, 0.15) is 11.9 Å². The maximum Gasteiger partial charge on any atom is 0.233 e. The molecule has 2 aromatic carbocycles. The maximum absolute atomic E-state index is 14.0. The number of aryl methyl sites for hydroxylation is 2. The van der Waals surface area contributed by atoms with Gasteiger partial charge in [-0.1, -0.05) is 47.5 Å². The van der Waals surface area contributed by atoms with Crippen molar-refractivity contribution in [3.8, 4) is 5.75 Å². The molecule has 2 aromatic rings. The molecule has 1 amide bonds. The Hall–Kier alpha value is -2.37. The van der Waals surface area contributed by atoms with E-state index in [4.69, 9.17) is 14.2 Å². The lowest BCUT2D eigenvalue weighted by atomic mass is 9.71. The molecular weight excluding hydrogens is 414 g/mol. The van der Waals surface area contributed by atoms with Gasteiger partial charge >= 0.3 is 0 Å². The molecular formula is C28H35NO4. The minimum absolute atomic E-state index is 0.0757. The minimum Gasteiger partial charge on any atom is -0.488 e. The number of hydrogen-bond acceptors (Lipinski definition) is 4. The van der Waals surface area contributed by atoms with Crippen molar-refractivity contribution >= 4 is 5.91 Å². The van der Waals surface area contributed by atoms with Crippen LogP contribution in [0.4, 0.5) is 0 Å². The first kappa shape index (κ1) is 22.4. The van der Waals surface area contributed by atoms with Crippen LogP contribution in [0.5, 0.6) is 5.75 Å². The molecule has 176 valence electrons. The summed E-state index contributed by atoms with van der Waals surface area (Å²) in [6.45, 7) is 7.60. The van der Waals surface area contributed by atoms with Gasteiger partial charge in [-0.3, -0.25) is 4.79 Å². The molecule has 0 radical (unpaired) electrons. The van der Waals surface area contributed by atoms with Gasteiger partial charge in [0.05, 0.1) is 17.6 Å². The van der Waals surface area contributed by atoms with Crippen LogP contribution in [-0.4, -0.2) is 55.4 Å². The number of piperidine rings is 1. The minimum atomic E-state index is -0.477. The van der Waals surface area contributed by atoms with Crippen LogP contribution in [0.3, 0.4) is 0 Å². The standard InChI is InChI=1S/C28H35NO4/c1-21-16-22(2)18-23(17-21)28(10-14-31-15-11-28)26(30)29-12-8-27(9-13-29)19-25(20-32-27)33-24-6-4-3-5-7-24/h3-7,16-18,25H,8-15,19-20H2,1-2H3. The van der Waals surface area contributed by atoms with E-state index in [-0.39, 0.29) is 17.6 Å². The molecule has 0 N–H and O–H groups in total. The summed E-state index contributed by atoms with van der Waals surface area (Å²) >= 11 is 0. The Morgan fingerprint density at radius 2 is 1.64 bits per heavy atom. The molecule has 0 aliphatic carbocycles. The van der Waals surface area contributed by atoms with Crippen LogP contribution >= 0.6 is 0 Å². The molecule has 1 spiro atoms. The molecule has 1 unspecified atom stereocenters. The van der Waals surface area contributed by atoms with Crippen molar-refractivity contribution in [1.29, 1.82) is 0 Å². The molecule has 5 rings (SSSR count). The summed E-state index contributed by atoms with van der Waals surface area (Å²) in [6.07, 6.45) is 4.20. The predicted molar refractivity (Wildman–Crippen MR) is 128 cm³/mol. The number of benzene rings is 2. The highest BCUT2D eigenvalue weighted by Gasteiger charge is 2.48. The Balaban J connectivity index is 1.27. The fourth-order valence-corrected chi connectivity index (χ4v) is 5.93. The van der Waals surface area contributed by atoms with Crippen LogP contribution in [0.2, 0.25) is 0 Å². The molecule has 5 heteroatoms. The SMILES string of the molecule is Cc1cc(C)cc(C2(C(=O)N3CCC4(CC3)CC(Oc3ccccc3)CO4)CCOCC2)c1. The number of ether oxygens (including phenoxy) is 3. The number of hydrogen-bond donors (Lipinski definition) is 0. The zero-order chi connectivity index (χ0) is 22.9. The predicted octanol–water partition coefficient (Wildman–Crippen LogP) is 4.58. The van der Waals surface area contributed by atoms with Gasteiger partial charge < -0.3 is 19.1 Å². The van der Waals surface area contributed by atoms with Crippen LogP contribution in [0.15, 0.2) is 48.5 Å². The van der Waals surface area contributed by atoms with Crippen LogP contribution in [0, 0.1) is 13.8 Å². The molecule has 3 saturated heterocycles. The highest BCUT2D eigenvalue weighted by atomic mass is 16.6. The number of para-hydroxylation sites is 1. The molecule has 3 aliphatic heterocycles. The molecule has 1 atom stereocenters. The fraction of sp³-hybridized carbons (Fsp3) is 0.536. The first-order valence-corrected chi connectivity index (χ1v) is 12.3. The van der Waals surface area contributed by atoms with Crippen molar-refractivity contribution in [2.75, 3.05) is 32.9 Å². The van der Waals surface area contributed by atoms with Crippen molar-refractivity contribution < 1.29 is 19.0 Å². The van der Waals surface area contributed by atoms with E-state index in [9.17, 15) is 4.79 Å². The Kier molecular flexibility index (Phi) is 6.19. The topological polar surface area (TPSA) is 48.0 Å². The third kappa shape index (κ3) is 4.53. The van der Waals surface area contributed by atoms with E-state index >= 15 is 0 Å². The Morgan fingerprint density at radius 3 is 2.30 bits per heavy atom. The van der Waals surface area contributed by atoms with Gasteiger partial charge in [-0.2, -0.15) is 0 Å². The van der Waals surface area contributed by atoms with Crippen molar-refractivity contribution in [3.05, 3.63) is 65.2 Å². The van der Waals surface area contributed by atoms with Gasteiger partial charge in [-0.15, -0.1) is 0 Å². The van der Waals surface area contributed by atoms with E-state index < -0.39 is 5.41 Å². The monoisotopic (exact) mass is 449 g/mol. The van der Waals surface area contributed by atoms with Gasteiger partial charge in [-0.05, 0) is 57.2 Å². The lowest BCUT2D eigenvalue weighted by Crippen LogP contribution is -2.54. The third-order valence-corrected chi connectivity index (χ3v) is 7.71. The van der Waals surface area contributed by atoms with Crippen LogP contribution < -0.4 is 4.74 Å². The summed E-state index contributed by atoms with van der Waals surface area (Å²) in [5, 5.41) is 0. The van der Waals surface area contributed by atoms with Crippen molar-refractivity contribution in [2.24, 2.45) is 0 Å². The smallest absolute Gasteiger partial charge is 0.233 e. The van der Waals surface area contributed by atoms with Crippen LogP contribution in [0.1, 0.15) is 48.8 Å². The van der Waals surface area contributed by atoms with E-state index in [1.54, 1.807) is 0 Å². The average Bonchev–Trinajstić information content (AvgIpc) is 3.21. The first-order valence-electron chi connectivity index (χ1n) is 12.3. The number of carbonyl (C=O) groups is 1. The molecule has 3 fully saturated rings. The summed E-state index contributed by atoms with van der Waals surface area (Å²) in [7, 11) is 0. The van der Waals surface area contributed by atoms with Gasteiger partial charge in [-0.25, -0.2) is 0 Å². The average molecular weight is 450 g/mol. The van der Waals surface area contributed by atoms with Crippen LogP contribution in [-0.2, 0) is 19.7 Å². The molecule has 0 aromatic heterocycles. The molecule has 3 heterocycles. The maximum atomic E-state index is 14.0. The zero-order valence-electron chi connectivity index (χ0n) is 19.8. The number of amides is 1. The Morgan fingerprint density at radius 1 is 0.970 bits per heavy atom. The normalized spacial score (nSPS) is 24.1. The van der Waals surface area contributed by atoms with E-state index in [1.807, 2.05) is 30.3 Å². The summed E-state index contributed by atoms with van der Waals surface area (Å²) in [5.41, 5.74) is 2.94. The van der Waals surface area contributed by atoms with E-state index in [0.717, 1.165) is 56.5 Å². The number of carbonyl (C=O) groups excluding carboxylic acids is 1. The molecule has 33 heavy (non-hydrogen) atoms. The first-order chi connectivity index (χ1) is 16.0. The molecule has 3 aliphatic rings. The quantitative estimate of drug-likeness (QED) is 0.686. The second-order valence-corrected chi connectivity index (χ2v) is 10.1. The molecule has 0 bridgehead atoms. The lowest BCUT2D eigenvalue weighted by Gasteiger charge is -2.44. The van der Waals surface area contributed by atoms with Gasteiger partial charge in [0, 0.05) is 32.7 Å². The summed E-state index contributed by atoms with van der Waals surface area (Å²) in [6, 6.07) is 16.5. The highest BCUT2D eigenvalue weighted by molar-refractivity contribution is 5.88. The Labute approximate surface area is 197 Å². The van der Waals surface area contributed by atoms with E-state index in [2.05, 4.69) is 36.9 Å². The van der Waals surface area contributed by atoms with Crippen molar-refractivity contribution in [3.63, 3.8) is 0 Å². The number of nitrogens with zero attached hydrogens (tertiary/aromatic N) is 1. The van der Waals surface area contributed by atoms with Gasteiger partial charge in [0.25, 0.3) is 0 Å². The van der Waals surface area contributed by atoms with E-state index in [0.29, 0.717) is 19.8 Å². The summed E-state index contributed by atoms with van der Waals surface area (Å²) in [5.74, 6) is 1.16. The summed E-state index contributed by atoms with van der Waals surface area (Å²) < 4.78 is 18.1.